The average molecular weight is 261 g/mol. The molecule has 0 heterocycles. The number of nitrogens with two attached hydrogens (primary N) is 4. The molecule has 0 saturated heterocycles. The fraction of sp³-hybridized carbons (Fsp3) is 0.800. The largest absolute Gasteiger partial charge is 0.381 e. The van der Waals surface area contributed by atoms with Gasteiger partial charge in [0.05, 0.1) is 0 Å². The summed E-state index contributed by atoms with van der Waals surface area (Å²) in [5.41, 5.74) is 20.7. The molecule has 8 nitrogen and oxygen atoms in total. The predicted octanol–water partition coefficient (Wildman–Crippen LogP) is -0.809. The van der Waals surface area contributed by atoms with Crippen LogP contribution in [0.25, 0.3) is 0 Å². The van der Waals surface area contributed by atoms with Crippen LogP contribution in [-0.2, 0) is 9.68 Å². The SMILES string of the molecule is CCC(C)(ON=C(N)N)[N+](OCC(C)C)=C(N)N. The highest BCUT2D eigenvalue weighted by atomic mass is 16.7. The third kappa shape index (κ3) is 4.98. The summed E-state index contributed by atoms with van der Waals surface area (Å²) < 4.78 is 1.28. The first kappa shape index (κ1) is 16.1. The molecule has 18 heavy (non-hydrogen) atoms. The molecule has 0 aromatic heterocycles. The number of hydroxylamine groups is 1. The van der Waals surface area contributed by atoms with Crippen molar-refractivity contribution in [2.45, 2.75) is 39.8 Å². The van der Waals surface area contributed by atoms with Crippen LogP contribution in [0, 0.1) is 5.92 Å². The minimum absolute atomic E-state index is 0.0224. The predicted molar refractivity (Wildman–Crippen MR) is 70.0 cm³/mol. The van der Waals surface area contributed by atoms with Gasteiger partial charge in [-0.05, 0) is 15.8 Å². The molecule has 8 N–H and O–H groups in total. The summed E-state index contributed by atoms with van der Waals surface area (Å²) >= 11 is 0. The highest BCUT2D eigenvalue weighted by Crippen LogP contribution is 2.18. The summed E-state index contributed by atoms with van der Waals surface area (Å²) in [6, 6.07) is 0. The fourth-order valence-electron chi connectivity index (χ4n) is 1.10. The van der Waals surface area contributed by atoms with Crippen LogP contribution in [0.1, 0.15) is 34.1 Å². The molecule has 0 fully saturated rings. The van der Waals surface area contributed by atoms with E-state index in [1.165, 1.54) is 4.74 Å². The van der Waals surface area contributed by atoms with E-state index in [1.807, 2.05) is 20.8 Å². The molecule has 0 aliphatic rings. The lowest BCUT2D eigenvalue weighted by Gasteiger charge is -2.27. The van der Waals surface area contributed by atoms with Crippen molar-refractivity contribution >= 4 is 11.9 Å². The summed E-state index contributed by atoms with van der Waals surface area (Å²) in [6.07, 6.45) is 0.514. The number of hydrogen-bond acceptors (Lipinski definition) is 3. The summed E-state index contributed by atoms with van der Waals surface area (Å²) in [7, 11) is 0. The van der Waals surface area contributed by atoms with E-state index in [2.05, 4.69) is 5.16 Å². The van der Waals surface area contributed by atoms with Crippen LogP contribution < -0.4 is 22.9 Å². The van der Waals surface area contributed by atoms with Gasteiger partial charge >= 0.3 is 5.96 Å². The Morgan fingerprint density at radius 2 is 1.83 bits per heavy atom. The zero-order valence-electron chi connectivity index (χ0n) is 11.5. The van der Waals surface area contributed by atoms with Crippen LogP contribution in [0.15, 0.2) is 5.16 Å². The highest BCUT2D eigenvalue weighted by Gasteiger charge is 2.36. The molecule has 106 valence electrons. The number of oxime groups is 1. The van der Waals surface area contributed by atoms with Crippen molar-refractivity contribution in [2.75, 3.05) is 6.61 Å². The van der Waals surface area contributed by atoms with Crippen molar-refractivity contribution in [1.82, 2.24) is 0 Å². The van der Waals surface area contributed by atoms with Gasteiger partial charge < -0.3 is 21.1 Å². The summed E-state index contributed by atoms with van der Waals surface area (Å²) in [6.45, 7) is 8.05. The fourth-order valence-corrected chi connectivity index (χ4v) is 1.10. The number of nitrogens with zero attached hydrogens (tertiary/aromatic N) is 2. The molecule has 1 unspecified atom stereocenters. The van der Waals surface area contributed by atoms with E-state index in [9.17, 15) is 0 Å². The topological polar surface area (TPSA) is 138 Å². The molecular weight excluding hydrogens is 236 g/mol. The second-order valence-electron chi connectivity index (χ2n) is 4.54. The molecule has 0 spiro atoms. The van der Waals surface area contributed by atoms with Gasteiger partial charge in [0.25, 0.3) is 5.72 Å². The van der Waals surface area contributed by atoms with Crippen molar-refractivity contribution in [1.29, 1.82) is 0 Å². The number of rotatable bonds is 7. The second kappa shape index (κ2) is 6.77. The lowest BCUT2D eigenvalue weighted by atomic mass is 10.2. The van der Waals surface area contributed by atoms with Gasteiger partial charge in [0.2, 0.25) is 5.96 Å². The molecule has 0 aromatic rings. The van der Waals surface area contributed by atoms with Crippen LogP contribution in [0.5, 0.6) is 0 Å². The summed E-state index contributed by atoms with van der Waals surface area (Å²) in [5, 5.41) is 3.52. The zero-order chi connectivity index (χ0) is 14.3. The summed E-state index contributed by atoms with van der Waals surface area (Å²) in [4.78, 5) is 10.8. The van der Waals surface area contributed by atoms with Gasteiger partial charge in [-0.25, -0.2) is 0 Å². The lowest BCUT2D eigenvalue weighted by Crippen LogP contribution is -2.50. The Balaban J connectivity index is 5.05. The third-order valence-electron chi connectivity index (χ3n) is 2.20. The van der Waals surface area contributed by atoms with Crippen LogP contribution in [0.2, 0.25) is 0 Å². The number of guanidine groups is 2. The normalized spacial score (nSPS) is 13.6. The molecule has 0 saturated carbocycles. The molecule has 8 heteroatoms. The van der Waals surface area contributed by atoms with Gasteiger partial charge in [-0.3, -0.25) is 11.5 Å². The van der Waals surface area contributed by atoms with Crippen LogP contribution in [0.4, 0.5) is 0 Å². The van der Waals surface area contributed by atoms with Crippen LogP contribution in [0.3, 0.4) is 0 Å². The first-order valence-corrected chi connectivity index (χ1v) is 5.81. The van der Waals surface area contributed by atoms with E-state index in [0.717, 1.165) is 0 Å². The number of hydrogen-bond donors (Lipinski definition) is 4. The molecule has 0 radical (unpaired) electrons. The van der Waals surface area contributed by atoms with Gasteiger partial charge in [0, 0.05) is 13.3 Å². The van der Waals surface area contributed by atoms with Crippen LogP contribution in [-0.4, -0.2) is 29.0 Å². The molecule has 1 atom stereocenters. The molecular formula is C10H25N6O2+. The highest BCUT2D eigenvalue weighted by molar-refractivity contribution is 5.75. The van der Waals surface area contributed by atoms with E-state index in [4.69, 9.17) is 32.6 Å². The lowest BCUT2D eigenvalue weighted by molar-refractivity contribution is -0.865. The second-order valence-corrected chi connectivity index (χ2v) is 4.54. The van der Waals surface area contributed by atoms with E-state index < -0.39 is 5.72 Å². The van der Waals surface area contributed by atoms with E-state index in [0.29, 0.717) is 18.9 Å². The maximum absolute atomic E-state index is 5.60. The monoisotopic (exact) mass is 261 g/mol. The van der Waals surface area contributed by atoms with Gasteiger partial charge in [-0.2, -0.15) is 0 Å². The van der Waals surface area contributed by atoms with Crippen LogP contribution >= 0.6 is 0 Å². The van der Waals surface area contributed by atoms with Gasteiger partial charge in [0.1, 0.15) is 6.61 Å². The molecule has 0 amide bonds. The Morgan fingerprint density at radius 3 is 2.17 bits per heavy atom. The molecule has 0 aliphatic carbocycles. The zero-order valence-corrected chi connectivity index (χ0v) is 11.5. The van der Waals surface area contributed by atoms with Crippen molar-refractivity contribution in [3.8, 4) is 0 Å². The Hall–Kier alpha value is -1.86. The van der Waals surface area contributed by atoms with Crippen molar-refractivity contribution in [2.24, 2.45) is 34.0 Å². The smallest absolute Gasteiger partial charge is 0.367 e. The van der Waals surface area contributed by atoms with Crippen molar-refractivity contribution < 1.29 is 14.4 Å². The molecule has 0 rings (SSSR count). The van der Waals surface area contributed by atoms with Gasteiger partial charge in [0.15, 0.2) is 0 Å². The van der Waals surface area contributed by atoms with Gasteiger partial charge in [-0.15, -0.1) is 0 Å². The van der Waals surface area contributed by atoms with E-state index in [-0.39, 0.29) is 11.9 Å². The van der Waals surface area contributed by atoms with Gasteiger partial charge in [-0.1, -0.05) is 20.8 Å². The molecule has 0 aliphatic heterocycles. The first-order chi connectivity index (χ1) is 8.23. The Bertz CT molecular complexity index is 320. The van der Waals surface area contributed by atoms with E-state index in [1.54, 1.807) is 6.92 Å². The molecule has 0 bridgehead atoms. The molecule has 0 aromatic carbocycles. The Morgan fingerprint density at radius 1 is 1.28 bits per heavy atom. The minimum Gasteiger partial charge on any atom is -0.367 e. The standard InChI is InChI=1S/C10H24N6O2/c1-5-10(4,18-15-8(11)12)16(9(13)14)17-6-7(2)3/h7H,5-6H2,1-4H3,(H7,11,12,13,14,15)/p+1. The Labute approximate surface area is 108 Å². The quantitative estimate of drug-likeness (QED) is 0.155. The Kier molecular flexibility index (Phi) is 6.07. The first-order valence-electron chi connectivity index (χ1n) is 5.81. The van der Waals surface area contributed by atoms with E-state index >= 15 is 0 Å². The minimum atomic E-state index is -0.974. The third-order valence-corrected chi connectivity index (χ3v) is 2.20. The summed E-state index contributed by atoms with van der Waals surface area (Å²) in [5.74, 6) is 0.107. The maximum Gasteiger partial charge on any atom is 0.381 e. The average Bonchev–Trinajstić information content (AvgIpc) is 2.25. The maximum atomic E-state index is 5.60. The van der Waals surface area contributed by atoms with Crippen molar-refractivity contribution in [3.05, 3.63) is 0 Å². The van der Waals surface area contributed by atoms with Crippen molar-refractivity contribution in [3.63, 3.8) is 0 Å².